The molecule has 0 spiro atoms. The van der Waals surface area contributed by atoms with Crippen LogP contribution in [0.5, 0.6) is 0 Å². The van der Waals surface area contributed by atoms with E-state index in [1.54, 1.807) is 0 Å². The largest absolute Gasteiger partial charge is 0.317 e. The van der Waals surface area contributed by atoms with Crippen LogP contribution in [-0.4, -0.2) is 12.4 Å². The van der Waals surface area contributed by atoms with Crippen molar-refractivity contribution in [2.24, 2.45) is 0 Å². The number of hydrogen-bond acceptors (Lipinski definition) is 4. The summed E-state index contributed by atoms with van der Waals surface area (Å²) in [5.41, 5.74) is 14.2. The van der Waals surface area contributed by atoms with Gasteiger partial charge in [-0.3, -0.25) is 0 Å². The molecule has 5 heteroatoms. The lowest BCUT2D eigenvalue weighted by Gasteiger charge is -2.47. The fourth-order valence-corrected chi connectivity index (χ4v) is 10.6. The molecule has 4 aliphatic rings. The Morgan fingerprint density at radius 3 is 1.79 bits per heavy atom. The average Bonchev–Trinajstić information content (AvgIpc) is 3.64. The first kappa shape index (κ1) is 27.9. The van der Waals surface area contributed by atoms with Crippen LogP contribution >= 0.6 is 11.8 Å². The van der Waals surface area contributed by atoms with E-state index in [1.807, 2.05) is 0 Å². The first-order valence-electron chi connectivity index (χ1n) is 16.9. The summed E-state index contributed by atoms with van der Waals surface area (Å²) in [7, 11) is 0. The maximum atomic E-state index is 2.62. The van der Waals surface area contributed by atoms with Gasteiger partial charge < -0.3 is 14.7 Å². The minimum atomic E-state index is -0.325. The van der Waals surface area contributed by atoms with Crippen molar-refractivity contribution in [3.8, 4) is 0 Å². The number of fused-ring (bicyclic) bond motifs is 3. The minimum Gasteiger partial charge on any atom is -0.317 e. The standard InChI is InChI=1S/C43H34BN3S/c1-43(2)46(32-23-13-6-14-24-32)36-28-15-25-33-39(36)47(43)35-27-16-26-34-38(35)44(33)42-40(45(34)31-21-11-5-12-22-31)37(29-17-7-3-8-18-29)41(48-42)30-19-9-4-10-20-30/h3-28,37,41H,1-2H3. The van der Waals surface area contributed by atoms with E-state index in [0.29, 0.717) is 0 Å². The number of para-hydroxylation sites is 3. The van der Waals surface area contributed by atoms with E-state index in [4.69, 9.17) is 0 Å². The third kappa shape index (κ3) is 3.79. The molecule has 0 radical (unpaired) electrons. The normalized spacial score (nSPS) is 19.7. The molecular weight excluding hydrogens is 601 g/mol. The Labute approximate surface area is 287 Å². The number of rotatable bonds is 4. The summed E-state index contributed by atoms with van der Waals surface area (Å²) in [4.78, 5) is 9.22. The van der Waals surface area contributed by atoms with Gasteiger partial charge in [0, 0.05) is 39.6 Å². The Morgan fingerprint density at radius 2 is 1.10 bits per heavy atom. The summed E-state index contributed by atoms with van der Waals surface area (Å²) < 4.78 is 0. The minimum absolute atomic E-state index is 0.133. The number of benzene rings is 6. The summed E-state index contributed by atoms with van der Waals surface area (Å²) in [6.45, 7) is 4.87. The molecule has 6 aromatic rings. The zero-order valence-electron chi connectivity index (χ0n) is 27.0. The van der Waals surface area contributed by atoms with Crippen molar-refractivity contribution >= 4 is 63.5 Å². The molecule has 2 unspecified atom stereocenters. The Bertz CT molecular complexity index is 2220. The predicted molar refractivity (Wildman–Crippen MR) is 204 cm³/mol. The van der Waals surface area contributed by atoms with Crippen molar-refractivity contribution in [1.82, 2.24) is 0 Å². The molecule has 0 saturated heterocycles. The molecule has 10 rings (SSSR count). The van der Waals surface area contributed by atoms with Gasteiger partial charge in [-0.15, -0.1) is 11.8 Å². The molecule has 0 N–H and O–H groups in total. The van der Waals surface area contributed by atoms with Crippen molar-refractivity contribution in [1.29, 1.82) is 0 Å². The molecule has 0 aromatic heterocycles. The van der Waals surface area contributed by atoms with Gasteiger partial charge in [-0.1, -0.05) is 115 Å². The van der Waals surface area contributed by atoms with Gasteiger partial charge in [-0.25, -0.2) is 0 Å². The first-order valence-corrected chi connectivity index (χ1v) is 17.8. The monoisotopic (exact) mass is 635 g/mol. The van der Waals surface area contributed by atoms with Crippen LogP contribution < -0.4 is 25.6 Å². The van der Waals surface area contributed by atoms with E-state index < -0.39 is 0 Å². The molecule has 48 heavy (non-hydrogen) atoms. The van der Waals surface area contributed by atoms with E-state index in [0.717, 1.165) is 0 Å². The summed E-state index contributed by atoms with van der Waals surface area (Å²) in [6.07, 6.45) is 0. The maximum absolute atomic E-state index is 2.62. The molecule has 0 bridgehead atoms. The highest BCUT2D eigenvalue weighted by Gasteiger charge is 2.56. The second-order valence-electron chi connectivity index (χ2n) is 13.6. The Kier molecular flexibility index (Phi) is 6.07. The lowest BCUT2D eigenvalue weighted by atomic mass is 9.36. The SMILES string of the molecule is CC1(C)N(c2ccccc2)c2cccc3c2N1c1cccc2c1B3C1=C(C(c3ccccc3)C(c3ccccc3)S1)N2c1ccccc1. The van der Waals surface area contributed by atoms with Crippen LogP contribution in [0.4, 0.5) is 34.1 Å². The lowest BCUT2D eigenvalue weighted by molar-refractivity contribution is 0.541. The van der Waals surface area contributed by atoms with Crippen LogP contribution in [0.25, 0.3) is 0 Å². The molecule has 230 valence electrons. The van der Waals surface area contributed by atoms with Crippen molar-refractivity contribution in [3.63, 3.8) is 0 Å². The van der Waals surface area contributed by atoms with Gasteiger partial charge in [-0.05, 0) is 83.2 Å². The van der Waals surface area contributed by atoms with Crippen molar-refractivity contribution < 1.29 is 0 Å². The molecule has 0 aliphatic carbocycles. The molecule has 4 aliphatic heterocycles. The van der Waals surface area contributed by atoms with Crippen LogP contribution in [-0.2, 0) is 0 Å². The summed E-state index contributed by atoms with van der Waals surface area (Å²) in [6, 6.07) is 58.3. The fourth-order valence-electron chi connectivity index (χ4n) is 8.88. The van der Waals surface area contributed by atoms with Crippen molar-refractivity contribution in [3.05, 3.63) is 179 Å². The molecule has 6 aromatic carbocycles. The fraction of sp³-hybridized carbons (Fsp3) is 0.116. The van der Waals surface area contributed by atoms with Crippen LogP contribution in [0.3, 0.4) is 0 Å². The van der Waals surface area contributed by atoms with Gasteiger partial charge in [-0.2, -0.15) is 0 Å². The van der Waals surface area contributed by atoms with Gasteiger partial charge in [0.2, 0.25) is 0 Å². The summed E-state index contributed by atoms with van der Waals surface area (Å²) >= 11 is 2.08. The number of thioether (sulfide) groups is 1. The first-order chi connectivity index (χ1) is 23.6. The Morgan fingerprint density at radius 1 is 0.542 bits per heavy atom. The maximum Gasteiger partial charge on any atom is 0.259 e. The number of hydrogen-bond donors (Lipinski definition) is 0. The highest BCUT2D eigenvalue weighted by molar-refractivity contribution is 8.05. The third-order valence-corrected chi connectivity index (χ3v) is 12.2. The smallest absolute Gasteiger partial charge is 0.259 e. The average molecular weight is 636 g/mol. The molecular formula is C43H34BN3S. The number of allylic oxidation sites excluding steroid dienone is 1. The molecule has 3 nitrogen and oxygen atoms in total. The van der Waals surface area contributed by atoms with Gasteiger partial charge >= 0.3 is 0 Å². The van der Waals surface area contributed by atoms with E-state index in [9.17, 15) is 0 Å². The van der Waals surface area contributed by atoms with E-state index >= 15 is 0 Å². The van der Waals surface area contributed by atoms with E-state index in [-0.39, 0.29) is 23.5 Å². The highest BCUT2D eigenvalue weighted by Crippen LogP contribution is 2.63. The quantitative estimate of drug-likeness (QED) is 0.178. The molecule has 2 atom stereocenters. The van der Waals surface area contributed by atoms with Crippen molar-refractivity contribution in [2.75, 3.05) is 14.7 Å². The predicted octanol–water partition coefficient (Wildman–Crippen LogP) is 9.81. The summed E-state index contributed by atoms with van der Waals surface area (Å²) in [5.74, 6) is 0.178. The third-order valence-electron chi connectivity index (χ3n) is 10.7. The Balaban J connectivity index is 1.28. The molecule has 4 heterocycles. The Hall–Kier alpha value is -5.13. The highest BCUT2D eigenvalue weighted by atomic mass is 32.2. The molecule has 0 fully saturated rings. The van der Waals surface area contributed by atoms with E-state index in [2.05, 4.69) is 198 Å². The van der Waals surface area contributed by atoms with Crippen LogP contribution in [0.15, 0.2) is 168 Å². The number of nitrogens with zero attached hydrogens (tertiary/aromatic N) is 3. The van der Waals surface area contributed by atoms with E-state index in [1.165, 1.54) is 66.7 Å². The second-order valence-corrected chi connectivity index (χ2v) is 14.8. The van der Waals surface area contributed by atoms with Gasteiger partial charge in [0.1, 0.15) is 5.66 Å². The lowest BCUT2D eigenvalue weighted by Crippen LogP contribution is -2.59. The van der Waals surface area contributed by atoms with Crippen LogP contribution in [0, 0.1) is 0 Å². The topological polar surface area (TPSA) is 9.72 Å². The van der Waals surface area contributed by atoms with Gasteiger partial charge in [0.05, 0.1) is 11.4 Å². The van der Waals surface area contributed by atoms with Crippen molar-refractivity contribution in [2.45, 2.75) is 30.7 Å². The van der Waals surface area contributed by atoms with Gasteiger partial charge in [0.15, 0.2) is 0 Å². The zero-order valence-corrected chi connectivity index (χ0v) is 27.8. The van der Waals surface area contributed by atoms with Crippen LogP contribution in [0.1, 0.15) is 36.1 Å². The molecule has 0 amide bonds. The van der Waals surface area contributed by atoms with Gasteiger partial charge in [0.25, 0.3) is 6.71 Å². The second kappa shape index (κ2) is 10.4. The number of anilines is 6. The summed E-state index contributed by atoms with van der Waals surface area (Å²) in [5, 5.41) is 0.245. The zero-order chi connectivity index (χ0) is 32.0. The van der Waals surface area contributed by atoms with Crippen LogP contribution in [0.2, 0.25) is 0 Å². The molecule has 0 saturated carbocycles.